The van der Waals surface area contributed by atoms with Crippen LogP contribution < -0.4 is 11.2 Å². The Bertz CT molecular complexity index is 1270. The Morgan fingerprint density at radius 3 is 2.48 bits per heavy atom. The van der Waals surface area contributed by atoms with E-state index in [0.717, 1.165) is 21.2 Å². The molecule has 0 N–H and O–H groups in total. The lowest BCUT2D eigenvalue weighted by Gasteiger charge is -2.06. The molecule has 27 heavy (non-hydrogen) atoms. The molecule has 0 aliphatic heterocycles. The molecule has 2 aromatic heterocycles. The zero-order chi connectivity index (χ0) is 19.1. The van der Waals surface area contributed by atoms with E-state index < -0.39 is 0 Å². The lowest BCUT2D eigenvalue weighted by molar-refractivity contribution is 0.656. The first-order chi connectivity index (χ1) is 12.9. The lowest BCUT2D eigenvalue weighted by atomic mass is 10.1. The molecule has 4 aromatic rings. The molecule has 0 amide bonds. The number of fused-ring (bicyclic) bond motifs is 1. The van der Waals surface area contributed by atoms with Crippen LogP contribution in [0.4, 0.5) is 0 Å². The van der Waals surface area contributed by atoms with E-state index in [1.807, 2.05) is 56.3 Å². The minimum Gasteiger partial charge on any atom is -0.280 e. The molecule has 0 aliphatic carbocycles. The van der Waals surface area contributed by atoms with Crippen LogP contribution in [0.1, 0.15) is 16.7 Å². The highest BCUT2D eigenvalue weighted by Gasteiger charge is 2.13. The summed E-state index contributed by atoms with van der Waals surface area (Å²) in [4.78, 5) is 25.6. The summed E-state index contributed by atoms with van der Waals surface area (Å²) in [7, 11) is 0. The Labute approximate surface area is 163 Å². The third-order valence-electron chi connectivity index (χ3n) is 4.57. The second-order valence-electron chi connectivity index (χ2n) is 6.51. The van der Waals surface area contributed by atoms with E-state index in [1.54, 1.807) is 12.4 Å². The van der Waals surface area contributed by atoms with Gasteiger partial charge in [-0.2, -0.15) is 0 Å². The summed E-state index contributed by atoms with van der Waals surface area (Å²) >= 11 is 3.38. The number of nitrogens with zero attached hydrogens (tertiary/aromatic N) is 4. The van der Waals surface area contributed by atoms with Crippen molar-refractivity contribution in [3.8, 4) is 5.69 Å². The van der Waals surface area contributed by atoms with Crippen molar-refractivity contribution >= 4 is 21.6 Å². The molecule has 0 bridgehead atoms. The third-order valence-corrected chi connectivity index (χ3v) is 5.10. The second-order valence-corrected chi connectivity index (χ2v) is 7.43. The van der Waals surface area contributed by atoms with Gasteiger partial charge in [0, 0.05) is 22.6 Å². The minimum atomic E-state index is -0.336. The van der Waals surface area contributed by atoms with Crippen LogP contribution in [0.2, 0.25) is 0 Å². The predicted molar refractivity (Wildman–Crippen MR) is 108 cm³/mol. The summed E-state index contributed by atoms with van der Waals surface area (Å²) in [5, 5.41) is 4.31. The summed E-state index contributed by atoms with van der Waals surface area (Å²) in [6.07, 6.45) is 3.16. The van der Waals surface area contributed by atoms with E-state index in [9.17, 15) is 9.59 Å². The molecule has 0 unspecified atom stereocenters. The first-order valence-electron chi connectivity index (χ1n) is 8.47. The van der Waals surface area contributed by atoms with Crippen molar-refractivity contribution < 1.29 is 0 Å². The van der Waals surface area contributed by atoms with Gasteiger partial charge in [-0.05, 0) is 49.2 Å². The van der Waals surface area contributed by atoms with E-state index in [2.05, 4.69) is 21.0 Å². The summed E-state index contributed by atoms with van der Waals surface area (Å²) in [6, 6.07) is 13.5. The minimum absolute atomic E-state index is 0.107. The Balaban J connectivity index is 1.83. The number of halogens is 1. The summed E-state index contributed by atoms with van der Waals surface area (Å²) in [6.45, 7) is 4.33. The molecule has 6 nitrogen and oxygen atoms in total. The standard InChI is InChI=1S/C20H17BrN4O2/c1-13-3-4-14(2)15(11-13)12-25-20(27)24-10-9-23(19(26)18(24)22-25)17-7-5-16(21)6-8-17/h3-11H,12H2,1-2H3. The molecule has 0 aliphatic rings. The number of aryl methyl sites for hydroxylation is 2. The molecule has 0 atom stereocenters. The summed E-state index contributed by atoms with van der Waals surface area (Å²) in [5.74, 6) is 0. The van der Waals surface area contributed by atoms with Crippen LogP contribution in [0.25, 0.3) is 11.3 Å². The largest absolute Gasteiger partial charge is 0.350 e. The van der Waals surface area contributed by atoms with Gasteiger partial charge in [-0.25, -0.2) is 13.9 Å². The topological polar surface area (TPSA) is 61.3 Å². The van der Waals surface area contributed by atoms with E-state index in [4.69, 9.17) is 0 Å². The Morgan fingerprint density at radius 1 is 1.00 bits per heavy atom. The zero-order valence-corrected chi connectivity index (χ0v) is 16.5. The molecule has 2 aromatic carbocycles. The lowest BCUT2D eigenvalue weighted by Crippen LogP contribution is -2.24. The summed E-state index contributed by atoms with van der Waals surface area (Å²) in [5.41, 5.74) is 3.36. The van der Waals surface area contributed by atoms with Crippen molar-refractivity contribution in [1.82, 2.24) is 18.7 Å². The molecule has 4 rings (SSSR count). The van der Waals surface area contributed by atoms with Gasteiger partial charge >= 0.3 is 11.2 Å². The third kappa shape index (κ3) is 3.14. The van der Waals surface area contributed by atoms with Crippen LogP contribution in [-0.4, -0.2) is 18.7 Å². The molecular weight excluding hydrogens is 408 g/mol. The van der Waals surface area contributed by atoms with E-state index >= 15 is 0 Å². The Hall–Kier alpha value is -2.93. The number of rotatable bonds is 3. The van der Waals surface area contributed by atoms with Crippen molar-refractivity contribution in [3.05, 3.63) is 96.9 Å². The fraction of sp³-hybridized carbons (Fsp3) is 0.150. The van der Waals surface area contributed by atoms with Gasteiger partial charge in [-0.1, -0.05) is 39.7 Å². The normalized spacial score (nSPS) is 11.2. The van der Waals surface area contributed by atoms with E-state index in [0.29, 0.717) is 12.2 Å². The van der Waals surface area contributed by atoms with Gasteiger partial charge in [-0.15, -0.1) is 5.10 Å². The van der Waals surface area contributed by atoms with Crippen molar-refractivity contribution in [3.63, 3.8) is 0 Å². The monoisotopic (exact) mass is 424 g/mol. The van der Waals surface area contributed by atoms with Crippen molar-refractivity contribution in [2.75, 3.05) is 0 Å². The average Bonchev–Trinajstić information content (AvgIpc) is 2.96. The first kappa shape index (κ1) is 17.5. The van der Waals surface area contributed by atoms with Crippen LogP contribution in [0.3, 0.4) is 0 Å². The molecule has 0 fully saturated rings. The highest BCUT2D eigenvalue weighted by molar-refractivity contribution is 9.10. The van der Waals surface area contributed by atoms with Gasteiger partial charge in [0.25, 0.3) is 0 Å². The van der Waals surface area contributed by atoms with E-state index in [-0.39, 0.29) is 16.9 Å². The average molecular weight is 425 g/mol. The molecule has 2 heterocycles. The Kier molecular flexibility index (Phi) is 4.31. The highest BCUT2D eigenvalue weighted by atomic mass is 79.9. The van der Waals surface area contributed by atoms with Crippen molar-refractivity contribution in [1.29, 1.82) is 0 Å². The van der Waals surface area contributed by atoms with Crippen molar-refractivity contribution in [2.24, 2.45) is 0 Å². The van der Waals surface area contributed by atoms with Crippen molar-refractivity contribution in [2.45, 2.75) is 20.4 Å². The fourth-order valence-electron chi connectivity index (χ4n) is 3.05. The number of hydrogen-bond donors (Lipinski definition) is 0. The summed E-state index contributed by atoms with van der Waals surface area (Å²) < 4.78 is 5.04. The second kappa shape index (κ2) is 6.66. The molecule has 7 heteroatoms. The van der Waals surface area contributed by atoms with Gasteiger partial charge in [0.2, 0.25) is 5.65 Å². The fourth-order valence-corrected chi connectivity index (χ4v) is 3.31. The van der Waals surface area contributed by atoms with Crippen LogP contribution in [0.5, 0.6) is 0 Å². The maximum absolute atomic E-state index is 12.9. The molecule has 136 valence electrons. The van der Waals surface area contributed by atoms with Gasteiger partial charge in [-0.3, -0.25) is 9.36 Å². The van der Waals surface area contributed by atoms with Gasteiger partial charge in [0.1, 0.15) is 0 Å². The number of hydrogen-bond acceptors (Lipinski definition) is 3. The van der Waals surface area contributed by atoms with Crippen LogP contribution in [0, 0.1) is 13.8 Å². The van der Waals surface area contributed by atoms with E-state index in [1.165, 1.54) is 13.6 Å². The maximum Gasteiger partial charge on any atom is 0.350 e. The van der Waals surface area contributed by atoms with Gasteiger partial charge < -0.3 is 0 Å². The maximum atomic E-state index is 12.9. The Morgan fingerprint density at radius 2 is 1.74 bits per heavy atom. The molecule has 0 saturated carbocycles. The van der Waals surface area contributed by atoms with Crippen LogP contribution in [0.15, 0.2) is 68.9 Å². The zero-order valence-electron chi connectivity index (χ0n) is 14.9. The highest BCUT2D eigenvalue weighted by Crippen LogP contribution is 2.13. The molecule has 0 radical (unpaired) electrons. The van der Waals surface area contributed by atoms with Gasteiger partial charge in [0.15, 0.2) is 0 Å². The first-order valence-corrected chi connectivity index (χ1v) is 9.26. The molecular formula is C20H17BrN4O2. The van der Waals surface area contributed by atoms with Crippen LogP contribution in [-0.2, 0) is 6.54 Å². The molecule has 0 saturated heterocycles. The number of aromatic nitrogens is 4. The van der Waals surface area contributed by atoms with Crippen LogP contribution >= 0.6 is 15.9 Å². The SMILES string of the molecule is Cc1ccc(C)c(Cn2nc3c(=O)n(-c4ccc(Br)cc4)ccn3c2=O)c1. The van der Waals surface area contributed by atoms with Gasteiger partial charge in [0.05, 0.1) is 6.54 Å². The number of benzene rings is 2. The smallest absolute Gasteiger partial charge is 0.280 e. The predicted octanol–water partition coefficient (Wildman–Crippen LogP) is 3.07. The molecule has 0 spiro atoms. The quantitative estimate of drug-likeness (QED) is 0.507.